The quantitative estimate of drug-likeness (QED) is 0.776. The van der Waals surface area contributed by atoms with Crippen LogP contribution in [-0.4, -0.2) is 11.7 Å². The van der Waals surface area contributed by atoms with Crippen molar-refractivity contribution in [3.05, 3.63) is 29.8 Å². The number of carbonyl (C=O) groups is 1. The summed E-state index contributed by atoms with van der Waals surface area (Å²) in [5.74, 6) is 0.593. The molecule has 0 saturated heterocycles. The predicted molar refractivity (Wildman–Crippen MR) is 72.2 cm³/mol. The third-order valence-corrected chi connectivity index (χ3v) is 2.57. The zero-order valence-corrected chi connectivity index (χ0v) is 11.0. The Hall–Kier alpha value is -0.960. The van der Waals surface area contributed by atoms with Gasteiger partial charge in [0.25, 0.3) is 0 Å². The summed E-state index contributed by atoms with van der Waals surface area (Å²) in [6, 6.07) is 7.92. The van der Waals surface area contributed by atoms with E-state index in [0.717, 1.165) is 11.3 Å². The summed E-state index contributed by atoms with van der Waals surface area (Å²) >= 11 is 4.05. The molecule has 0 aromatic heterocycles. The Bertz CT molecular complexity index is 368. The summed E-state index contributed by atoms with van der Waals surface area (Å²) in [6.07, 6.45) is 0.446. The van der Waals surface area contributed by atoms with Gasteiger partial charge in [-0.05, 0) is 22.8 Å². The summed E-state index contributed by atoms with van der Waals surface area (Å²) in [7, 11) is 0. The average molecular weight is 237 g/mol. The van der Waals surface area contributed by atoms with Crippen molar-refractivity contribution in [1.82, 2.24) is 0 Å². The number of para-hydroxylation sites is 1. The lowest BCUT2D eigenvalue weighted by molar-refractivity contribution is -0.115. The van der Waals surface area contributed by atoms with Crippen molar-refractivity contribution in [2.24, 2.45) is 0 Å². The fourth-order valence-corrected chi connectivity index (χ4v) is 1.76. The Labute approximate surface area is 103 Å². The monoisotopic (exact) mass is 237 g/mol. The molecule has 0 saturated carbocycles. The highest BCUT2D eigenvalue weighted by Gasteiger charge is 2.18. The molecule has 3 heteroatoms. The Morgan fingerprint density at radius 3 is 2.50 bits per heavy atom. The zero-order chi connectivity index (χ0) is 12.2. The van der Waals surface area contributed by atoms with E-state index in [-0.39, 0.29) is 11.3 Å². The normalized spacial score (nSPS) is 11.2. The minimum absolute atomic E-state index is 0.0201. The second kappa shape index (κ2) is 5.39. The Balaban J connectivity index is 2.92. The fraction of sp³-hybridized carbons (Fsp3) is 0.462. The third kappa shape index (κ3) is 3.56. The van der Waals surface area contributed by atoms with Crippen molar-refractivity contribution in [3.63, 3.8) is 0 Å². The topological polar surface area (TPSA) is 29.1 Å². The summed E-state index contributed by atoms with van der Waals surface area (Å²) in [6.45, 7) is 6.41. The molecule has 0 radical (unpaired) electrons. The number of carbonyl (C=O) groups excluding carboxylic acids is 1. The molecule has 0 aliphatic heterocycles. The number of nitrogens with one attached hydrogen (secondary N) is 1. The molecule has 0 spiro atoms. The molecule has 0 fully saturated rings. The van der Waals surface area contributed by atoms with E-state index in [1.807, 2.05) is 18.2 Å². The number of anilines is 1. The van der Waals surface area contributed by atoms with Crippen LogP contribution in [0.15, 0.2) is 24.3 Å². The van der Waals surface area contributed by atoms with Crippen molar-refractivity contribution in [2.75, 3.05) is 11.1 Å². The van der Waals surface area contributed by atoms with Crippen molar-refractivity contribution in [3.8, 4) is 0 Å². The van der Waals surface area contributed by atoms with Crippen LogP contribution in [0.4, 0.5) is 5.69 Å². The number of hydrogen-bond acceptors (Lipinski definition) is 2. The lowest BCUT2D eigenvalue weighted by Gasteiger charge is -2.22. The van der Waals surface area contributed by atoms with Gasteiger partial charge in [0.1, 0.15) is 0 Å². The molecule has 0 bridgehead atoms. The van der Waals surface area contributed by atoms with Crippen LogP contribution in [0.1, 0.15) is 32.8 Å². The summed E-state index contributed by atoms with van der Waals surface area (Å²) in [4.78, 5) is 11.5. The number of thiol groups is 1. The van der Waals surface area contributed by atoms with E-state index >= 15 is 0 Å². The lowest BCUT2D eigenvalue weighted by atomic mass is 9.86. The zero-order valence-electron chi connectivity index (χ0n) is 10.1. The summed E-state index contributed by atoms with van der Waals surface area (Å²) < 4.78 is 0. The minimum Gasteiger partial charge on any atom is -0.326 e. The summed E-state index contributed by atoms with van der Waals surface area (Å²) in [5.41, 5.74) is 2.09. The molecule has 0 unspecified atom stereocenters. The Morgan fingerprint density at radius 1 is 1.31 bits per heavy atom. The first-order valence-corrected chi connectivity index (χ1v) is 6.08. The van der Waals surface area contributed by atoms with Gasteiger partial charge in [0.15, 0.2) is 0 Å². The molecular weight excluding hydrogens is 218 g/mol. The molecule has 0 heterocycles. The lowest BCUT2D eigenvalue weighted by Crippen LogP contribution is -2.18. The van der Waals surface area contributed by atoms with Gasteiger partial charge in [0.05, 0.1) is 0 Å². The van der Waals surface area contributed by atoms with Crippen molar-refractivity contribution in [1.29, 1.82) is 0 Å². The molecule has 16 heavy (non-hydrogen) atoms. The predicted octanol–water partition coefficient (Wildman–Crippen LogP) is 3.24. The second-order valence-corrected chi connectivity index (χ2v) is 5.26. The molecule has 1 aromatic carbocycles. The van der Waals surface area contributed by atoms with Crippen LogP contribution in [0.5, 0.6) is 0 Å². The minimum atomic E-state index is 0.0201. The molecule has 0 atom stereocenters. The number of benzene rings is 1. The highest BCUT2D eigenvalue weighted by atomic mass is 32.1. The second-order valence-electron chi connectivity index (χ2n) is 4.82. The largest absolute Gasteiger partial charge is 0.326 e. The first-order valence-electron chi connectivity index (χ1n) is 5.45. The van der Waals surface area contributed by atoms with E-state index in [0.29, 0.717) is 12.2 Å². The van der Waals surface area contributed by atoms with Gasteiger partial charge in [-0.3, -0.25) is 4.79 Å². The molecule has 88 valence electrons. The van der Waals surface area contributed by atoms with E-state index in [1.165, 1.54) is 0 Å². The smallest absolute Gasteiger partial charge is 0.225 e. The van der Waals surface area contributed by atoms with Crippen LogP contribution in [0.2, 0.25) is 0 Å². The van der Waals surface area contributed by atoms with Gasteiger partial charge in [0.2, 0.25) is 5.91 Å². The first kappa shape index (κ1) is 13.1. The highest BCUT2D eigenvalue weighted by Crippen LogP contribution is 2.29. The number of hydrogen-bond donors (Lipinski definition) is 2. The van der Waals surface area contributed by atoms with E-state index in [2.05, 4.69) is 44.8 Å². The molecular formula is C13H19NOS. The Morgan fingerprint density at radius 2 is 1.94 bits per heavy atom. The third-order valence-electron chi connectivity index (χ3n) is 2.35. The molecule has 0 aliphatic carbocycles. The van der Waals surface area contributed by atoms with Crippen molar-refractivity contribution in [2.45, 2.75) is 32.6 Å². The van der Waals surface area contributed by atoms with Crippen LogP contribution in [0.25, 0.3) is 0 Å². The fourth-order valence-electron chi connectivity index (χ4n) is 1.56. The molecule has 1 amide bonds. The van der Waals surface area contributed by atoms with Gasteiger partial charge < -0.3 is 5.32 Å². The van der Waals surface area contributed by atoms with E-state index in [4.69, 9.17) is 0 Å². The van der Waals surface area contributed by atoms with Crippen LogP contribution in [0.3, 0.4) is 0 Å². The van der Waals surface area contributed by atoms with Gasteiger partial charge in [0, 0.05) is 12.1 Å². The van der Waals surface area contributed by atoms with E-state index in [1.54, 1.807) is 0 Å². The highest BCUT2D eigenvalue weighted by molar-refractivity contribution is 7.80. The van der Waals surface area contributed by atoms with Crippen molar-refractivity contribution >= 4 is 24.2 Å². The molecule has 1 aromatic rings. The van der Waals surface area contributed by atoms with Gasteiger partial charge in [-0.2, -0.15) is 12.6 Å². The molecule has 2 nitrogen and oxygen atoms in total. The van der Waals surface area contributed by atoms with Crippen LogP contribution < -0.4 is 5.32 Å². The maximum Gasteiger partial charge on any atom is 0.225 e. The maximum absolute atomic E-state index is 11.5. The van der Waals surface area contributed by atoms with E-state index < -0.39 is 0 Å². The molecule has 1 rings (SSSR count). The van der Waals surface area contributed by atoms with Gasteiger partial charge in [-0.25, -0.2) is 0 Å². The molecule has 1 N–H and O–H groups in total. The van der Waals surface area contributed by atoms with Gasteiger partial charge in [-0.15, -0.1) is 0 Å². The van der Waals surface area contributed by atoms with Crippen LogP contribution in [-0.2, 0) is 10.2 Å². The Kier molecular flexibility index (Phi) is 4.42. The van der Waals surface area contributed by atoms with Crippen LogP contribution >= 0.6 is 12.6 Å². The van der Waals surface area contributed by atoms with E-state index in [9.17, 15) is 4.79 Å². The summed E-state index contributed by atoms with van der Waals surface area (Å²) in [5, 5.41) is 2.93. The first-order chi connectivity index (χ1) is 7.45. The average Bonchev–Trinajstić information content (AvgIpc) is 2.17. The number of rotatable bonds is 3. The van der Waals surface area contributed by atoms with Gasteiger partial charge in [-0.1, -0.05) is 39.0 Å². The van der Waals surface area contributed by atoms with Crippen molar-refractivity contribution < 1.29 is 4.79 Å². The van der Waals surface area contributed by atoms with Gasteiger partial charge >= 0.3 is 0 Å². The standard InChI is InChI=1S/C13H19NOS/c1-13(2,3)10-6-4-5-7-11(10)14-12(15)8-9-16/h4-7,16H,8-9H2,1-3H3,(H,14,15). The maximum atomic E-state index is 11.5. The SMILES string of the molecule is CC(C)(C)c1ccccc1NC(=O)CCS. The molecule has 0 aliphatic rings. The number of amides is 1. The van der Waals surface area contributed by atoms with Crippen LogP contribution in [0, 0.1) is 0 Å².